The van der Waals surface area contributed by atoms with Crippen LogP contribution in [0.3, 0.4) is 0 Å². The molecule has 3 aliphatic heterocycles. The van der Waals surface area contributed by atoms with Crippen LogP contribution < -0.4 is 5.32 Å². The van der Waals surface area contributed by atoms with E-state index in [-0.39, 0.29) is 12.0 Å². The summed E-state index contributed by atoms with van der Waals surface area (Å²) in [6, 6.07) is 0.383. The van der Waals surface area contributed by atoms with Gasteiger partial charge in [0, 0.05) is 52.3 Å². The van der Waals surface area contributed by atoms with Gasteiger partial charge in [-0.2, -0.15) is 0 Å². The number of nitrogens with zero attached hydrogens (tertiary/aromatic N) is 3. The van der Waals surface area contributed by atoms with Crippen molar-refractivity contribution in [1.82, 2.24) is 15.1 Å². The zero-order valence-electron chi connectivity index (χ0n) is 18.4. The number of likely N-dealkylation sites (tertiary alicyclic amines) is 2. The number of aliphatic imine (C=N–C) groups is 1. The second kappa shape index (κ2) is 11.7. The zero-order chi connectivity index (χ0) is 20.5. The van der Waals surface area contributed by atoms with E-state index in [9.17, 15) is 4.79 Å². The molecule has 0 aromatic rings. The molecule has 29 heavy (non-hydrogen) atoms. The van der Waals surface area contributed by atoms with E-state index in [4.69, 9.17) is 9.47 Å². The number of piperidine rings is 2. The molecule has 1 N–H and O–H groups in total. The normalized spacial score (nSPS) is 27.2. The fourth-order valence-electron chi connectivity index (χ4n) is 4.64. The third-order valence-corrected chi connectivity index (χ3v) is 6.49. The first-order chi connectivity index (χ1) is 14.2. The molecule has 0 aromatic carbocycles. The highest BCUT2D eigenvalue weighted by Gasteiger charge is 2.25. The molecule has 166 valence electrons. The standard InChI is InChI=1S/C22H40N4O3/c1-18-7-3-5-13-26(18)21(27)9-12-24-22(23-2)25-14-10-19(11-15-25)29-17-20-8-4-6-16-28-20/h18-20H,3-17H2,1-2H3,(H,23,24). The third-order valence-electron chi connectivity index (χ3n) is 6.49. The van der Waals surface area contributed by atoms with Crippen molar-refractivity contribution in [3.63, 3.8) is 0 Å². The number of rotatable bonds is 6. The summed E-state index contributed by atoms with van der Waals surface area (Å²) >= 11 is 0. The first kappa shape index (κ1) is 22.3. The smallest absolute Gasteiger partial charge is 0.224 e. The van der Waals surface area contributed by atoms with Crippen molar-refractivity contribution >= 4 is 11.9 Å². The van der Waals surface area contributed by atoms with E-state index in [0.29, 0.717) is 25.1 Å². The van der Waals surface area contributed by atoms with Crippen LogP contribution in [-0.2, 0) is 14.3 Å². The van der Waals surface area contributed by atoms with Crippen molar-refractivity contribution in [1.29, 1.82) is 0 Å². The minimum Gasteiger partial charge on any atom is -0.376 e. The first-order valence-electron chi connectivity index (χ1n) is 11.7. The Kier molecular flexibility index (Phi) is 9.05. The number of nitrogens with one attached hydrogen (secondary N) is 1. The van der Waals surface area contributed by atoms with Crippen LogP contribution in [0.5, 0.6) is 0 Å². The lowest BCUT2D eigenvalue weighted by Crippen LogP contribution is -2.48. The van der Waals surface area contributed by atoms with Gasteiger partial charge in [-0.1, -0.05) is 0 Å². The maximum Gasteiger partial charge on any atom is 0.224 e. The first-order valence-corrected chi connectivity index (χ1v) is 11.7. The summed E-state index contributed by atoms with van der Waals surface area (Å²) in [7, 11) is 1.82. The summed E-state index contributed by atoms with van der Waals surface area (Å²) in [4.78, 5) is 21.3. The van der Waals surface area contributed by atoms with Gasteiger partial charge < -0.3 is 24.6 Å². The molecule has 0 saturated carbocycles. The van der Waals surface area contributed by atoms with Crippen LogP contribution in [0.25, 0.3) is 0 Å². The maximum absolute atomic E-state index is 12.5. The van der Waals surface area contributed by atoms with Crippen molar-refractivity contribution in [2.24, 2.45) is 4.99 Å². The van der Waals surface area contributed by atoms with E-state index in [1.165, 1.54) is 19.3 Å². The molecular weight excluding hydrogens is 368 g/mol. The van der Waals surface area contributed by atoms with Gasteiger partial charge in [0.2, 0.25) is 5.91 Å². The molecule has 0 spiro atoms. The van der Waals surface area contributed by atoms with Gasteiger partial charge in [0.1, 0.15) is 0 Å². The van der Waals surface area contributed by atoms with Crippen molar-refractivity contribution in [3.8, 4) is 0 Å². The number of hydrogen-bond donors (Lipinski definition) is 1. The lowest BCUT2D eigenvalue weighted by molar-refractivity contribution is -0.134. The number of guanidine groups is 1. The van der Waals surface area contributed by atoms with E-state index < -0.39 is 0 Å². The highest BCUT2D eigenvalue weighted by Crippen LogP contribution is 2.19. The predicted molar refractivity (Wildman–Crippen MR) is 115 cm³/mol. The summed E-state index contributed by atoms with van der Waals surface area (Å²) < 4.78 is 11.9. The lowest BCUT2D eigenvalue weighted by atomic mass is 10.0. The summed E-state index contributed by atoms with van der Waals surface area (Å²) in [5, 5.41) is 3.39. The molecule has 0 radical (unpaired) electrons. The molecule has 7 nitrogen and oxygen atoms in total. The molecule has 1 amide bonds. The fourth-order valence-corrected chi connectivity index (χ4v) is 4.64. The molecule has 0 aliphatic carbocycles. The Balaban J connectivity index is 1.32. The van der Waals surface area contributed by atoms with Gasteiger partial charge in [-0.25, -0.2) is 0 Å². The molecule has 2 atom stereocenters. The molecule has 3 saturated heterocycles. The Bertz CT molecular complexity index is 528. The van der Waals surface area contributed by atoms with Crippen LogP contribution in [0.1, 0.15) is 64.7 Å². The lowest BCUT2D eigenvalue weighted by Gasteiger charge is -2.35. The van der Waals surface area contributed by atoms with Crippen LogP contribution in [0.15, 0.2) is 4.99 Å². The molecule has 0 aromatic heterocycles. The average Bonchev–Trinajstić information content (AvgIpc) is 2.77. The van der Waals surface area contributed by atoms with E-state index in [0.717, 1.165) is 70.9 Å². The third kappa shape index (κ3) is 6.85. The predicted octanol–water partition coefficient (Wildman–Crippen LogP) is 2.40. The van der Waals surface area contributed by atoms with E-state index in [1.54, 1.807) is 0 Å². The summed E-state index contributed by atoms with van der Waals surface area (Å²) in [5.41, 5.74) is 0. The molecule has 2 unspecified atom stereocenters. The largest absolute Gasteiger partial charge is 0.376 e. The van der Waals surface area contributed by atoms with Gasteiger partial charge in [-0.05, 0) is 58.3 Å². The fraction of sp³-hybridized carbons (Fsp3) is 0.909. The number of ether oxygens (including phenoxy) is 2. The summed E-state index contributed by atoms with van der Waals surface area (Å²) in [5.74, 6) is 1.16. The highest BCUT2D eigenvalue weighted by atomic mass is 16.5. The number of carbonyl (C=O) groups excluding carboxylic acids is 1. The van der Waals surface area contributed by atoms with Crippen molar-refractivity contribution in [2.45, 2.75) is 83.0 Å². The minimum atomic E-state index is 0.261. The number of carbonyl (C=O) groups is 1. The van der Waals surface area contributed by atoms with Crippen LogP contribution in [0.2, 0.25) is 0 Å². The van der Waals surface area contributed by atoms with Crippen LogP contribution in [0, 0.1) is 0 Å². The minimum absolute atomic E-state index is 0.261. The number of amides is 1. The van der Waals surface area contributed by atoms with Crippen molar-refractivity contribution < 1.29 is 14.3 Å². The molecular formula is C22H40N4O3. The van der Waals surface area contributed by atoms with E-state index in [2.05, 4.69) is 22.1 Å². The van der Waals surface area contributed by atoms with Gasteiger partial charge in [0.25, 0.3) is 0 Å². The Hall–Kier alpha value is -1.34. The molecule has 3 rings (SSSR count). The second-order valence-electron chi connectivity index (χ2n) is 8.66. The van der Waals surface area contributed by atoms with Gasteiger partial charge in [-0.3, -0.25) is 9.79 Å². The van der Waals surface area contributed by atoms with Gasteiger partial charge in [0.05, 0.1) is 18.8 Å². The van der Waals surface area contributed by atoms with Crippen molar-refractivity contribution in [3.05, 3.63) is 0 Å². The number of hydrogen-bond acceptors (Lipinski definition) is 4. The maximum atomic E-state index is 12.5. The highest BCUT2D eigenvalue weighted by molar-refractivity contribution is 5.81. The monoisotopic (exact) mass is 408 g/mol. The molecule has 7 heteroatoms. The Morgan fingerprint density at radius 1 is 1.10 bits per heavy atom. The van der Waals surface area contributed by atoms with Crippen LogP contribution >= 0.6 is 0 Å². The Morgan fingerprint density at radius 2 is 1.90 bits per heavy atom. The summed E-state index contributed by atoms with van der Waals surface area (Å²) in [6.07, 6.45) is 10.2. The molecule has 3 fully saturated rings. The zero-order valence-corrected chi connectivity index (χ0v) is 18.4. The quantitative estimate of drug-likeness (QED) is 0.540. The second-order valence-corrected chi connectivity index (χ2v) is 8.66. The molecule has 0 bridgehead atoms. The SMILES string of the molecule is CN=C(NCCC(=O)N1CCCCC1C)N1CCC(OCC2CCCCO2)CC1. The van der Waals surface area contributed by atoms with Crippen LogP contribution in [-0.4, -0.2) is 86.4 Å². The van der Waals surface area contributed by atoms with Gasteiger partial charge in [0.15, 0.2) is 5.96 Å². The summed E-state index contributed by atoms with van der Waals surface area (Å²) in [6.45, 7) is 7.20. The van der Waals surface area contributed by atoms with E-state index in [1.807, 2.05) is 11.9 Å². The molecule has 3 aliphatic rings. The van der Waals surface area contributed by atoms with E-state index >= 15 is 0 Å². The Labute approximate surface area is 176 Å². The topological polar surface area (TPSA) is 66.4 Å². The van der Waals surface area contributed by atoms with Crippen molar-refractivity contribution in [2.75, 3.05) is 46.4 Å². The van der Waals surface area contributed by atoms with Crippen LogP contribution in [0.4, 0.5) is 0 Å². The van der Waals surface area contributed by atoms with Gasteiger partial charge in [-0.15, -0.1) is 0 Å². The average molecular weight is 409 g/mol. The van der Waals surface area contributed by atoms with Gasteiger partial charge >= 0.3 is 0 Å². The molecule has 3 heterocycles. The Morgan fingerprint density at radius 3 is 2.59 bits per heavy atom.